The molecule has 0 amide bonds. The van der Waals surface area contributed by atoms with Crippen LogP contribution in [0.3, 0.4) is 0 Å². The lowest BCUT2D eigenvalue weighted by molar-refractivity contribution is -0.136. The monoisotopic (exact) mass is 339 g/mol. The standard InChI is InChI=1S/C14H17N3O5S/c1-7(13(18)19)23-14-15-12(16-17-14)8-5-9(20-2)11(22-4)10(6-8)21-3/h5-7H,1-4H3,(H,18,19)(H,15,16,17)/t7-/m1/s1. The smallest absolute Gasteiger partial charge is 0.316 e. The highest BCUT2D eigenvalue weighted by Crippen LogP contribution is 2.40. The summed E-state index contributed by atoms with van der Waals surface area (Å²) in [6.45, 7) is 1.57. The molecule has 0 unspecified atom stereocenters. The number of aromatic nitrogens is 3. The number of rotatable bonds is 7. The van der Waals surface area contributed by atoms with E-state index in [9.17, 15) is 4.79 Å². The first-order valence-electron chi connectivity index (χ1n) is 6.62. The maximum Gasteiger partial charge on any atom is 0.316 e. The number of nitrogens with zero attached hydrogens (tertiary/aromatic N) is 2. The van der Waals surface area contributed by atoms with Crippen molar-refractivity contribution >= 4 is 17.7 Å². The molecule has 0 radical (unpaired) electrons. The fourth-order valence-electron chi connectivity index (χ4n) is 1.85. The van der Waals surface area contributed by atoms with Gasteiger partial charge in [0.05, 0.1) is 21.3 Å². The fraction of sp³-hybridized carbons (Fsp3) is 0.357. The summed E-state index contributed by atoms with van der Waals surface area (Å²) in [6.07, 6.45) is 0. The van der Waals surface area contributed by atoms with Gasteiger partial charge >= 0.3 is 5.97 Å². The van der Waals surface area contributed by atoms with Gasteiger partial charge in [0, 0.05) is 5.56 Å². The average molecular weight is 339 g/mol. The van der Waals surface area contributed by atoms with Gasteiger partial charge in [-0.2, -0.15) is 0 Å². The van der Waals surface area contributed by atoms with E-state index in [4.69, 9.17) is 19.3 Å². The van der Waals surface area contributed by atoms with Crippen molar-refractivity contribution in [2.45, 2.75) is 17.3 Å². The van der Waals surface area contributed by atoms with Crippen LogP contribution in [0.5, 0.6) is 17.2 Å². The molecule has 0 aliphatic carbocycles. The van der Waals surface area contributed by atoms with Crippen LogP contribution in [0.4, 0.5) is 0 Å². The normalized spacial score (nSPS) is 11.8. The number of H-pyrrole nitrogens is 1. The molecule has 1 atom stereocenters. The quantitative estimate of drug-likeness (QED) is 0.738. The molecule has 2 aromatic rings. The zero-order valence-electron chi connectivity index (χ0n) is 13.1. The molecule has 0 fully saturated rings. The molecule has 2 N–H and O–H groups in total. The minimum atomic E-state index is -0.922. The molecule has 0 saturated heterocycles. The Morgan fingerprint density at radius 3 is 2.30 bits per heavy atom. The van der Waals surface area contributed by atoms with Crippen molar-refractivity contribution in [3.63, 3.8) is 0 Å². The van der Waals surface area contributed by atoms with Crippen molar-refractivity contribution in [1.82, 2.24) is 15.2 Å². The molecule has 124 valence electrons. The molecule has 1 aromatic carbocycles. The van der Waals surface area contributed by atoms with Crippen LogP contribution in [0.25, 0.3) is 11.4 Å². The Balaban J connectivity index is 2.35. The fourth-order valence-corrected chi connectivity index (χ4v) is 2.51. The van der Waals surface area contributed by atoms with Gasteiger partial charge in [-0.25, -0.2) is 4.98 Å². The second-order valence-electron chi connectivity index (χ2n) is 4.48. The number of benzene rings is 1. The largest absolute Gasteiger partial charge is 0.493 e. The maximum absolute atomic E-state index is 10.9. The highest BCUT2D eigenvalue weighted by Gasteiger charge is 2.18. The average Bonchev–Trinajstić information content (AvgIpc) is 3.01. The van der Waals surface area contributed by atoms with E-state index < -0.39 is 11.2 Å². The van der Waals surface area contributed by atoms with Crippen LogP contribution in [0.2, 0.25) is 0 Å². The zero-order chi connectivity index (χ0) is 17.0. The van der Waals surface area contributed by atoms with Gasteiger partial charge < -0.3 is 19.3 Å². The lowest BCUT2D eigenvalue weighted by atomic mass is 10.1. The van der Waals surface area contributed by atoms with E-state index in [1.807, 2.05) is 0 Å². The van der Waals surface area contributed by atoms with Crippen LogP contribution >= 0.6 is 11.8 Å². The van der Waals surface area contributed by atoms with E-state index in [-0.39, 0.29) is 0 Å². The highest BCUT2D eigenvalue weighted by molar-refractivity contribution is 8.00. The molecular weight excluding hydrogens is 322 g/mol. The molecule has 0 aliphatic rings. The topological polar surface area (TPSA) is 107 Å². The summed E-state index contributed by atoms with van der Waals surface area (Å²) in [5.41, 5.74) is 0.682. The number of aliphatic carboxylic acids is 1. The molecule has 2 rings (SSSR count). The van der Waals surface area contributed by atoms with Crippen LogP contribution in [0, 0.1) is 0 Å². The number of methoxy groups -OCH3 is 3. The van der Waals surface area contributed by atoms with Crippen molar-refractivity contribution in [2.24, 2.45) is 0 Å². The predicted molar refractivity (Wildman–Crippen MR) is 84.4 cm³/mol. The summed E-state index contributed by atoms with van der Waals surface area (Å²) < 4.78 is 15.9. The van der Waals surface area contributed by atoms with Crippen molar-refractivity contribution in [3.05, 3.63) is 12.1 Å². The third kappa shape index (κ3) is 3.67. The van der Waals surface area contributed by atoms with Gasteiger partial charge in [-0.1, -0.05) is 11.8 Å². The number of carbonyl (C=O) groups is 1. The van der Waals surface area contributed by atoms with E-state index in [1.54, 1.807) is 19.1 Å². The van der Waals surface area contributed by atoms with E-state index in [0.717, 1.165) is 11.8 Å². The van der Waals surface area contributed by atoms with Crippen molar-refractivity contribution in [3.8, 4) is 28.6 Å². The Hall–Kier alpha value is -2.42. The van der Waals surface area contributed by atoms with Crippen LogP contribution in [0.1, 0.15) is 6.92 Å². The van der Waals surface area contributed by atoms with E-state index >= 15 is 0 Å². The zero-order valence-corrected chi connectivity index (χ0v) is 13.9. The van der Waals surface area contributed by atoms with Crippen molar-refractivity contribution < 1.29 is 24.1 Å². The lowest BCUT2D eigenvalue weighted by Crippen LogP contribution is -2.11. The number of hydrogen-bond acceptors (Lipinski definition) is 7. The molecular formula is C14H17N3O5S. The molecule has 1 aromatic heterocycles. The number of carboxylic acid groups (broad SMARTS) is 1. The molecule has 9 heteroatoms. The summed E-state index contributed by atoms with van der Waals surface area (Å²) >= 11 is 1.05. The molecule has 0 aliphatic heterocycles. The number of hydrogen-bond donors (Lipinski definition) is 2. The van der Waals surface area contributed by atoms with Gasteiger partial charge in [-0.3, -0.25) is 9.89 Å². The van der Waals surface area contributed by atoms with Crippen LogP contribution in [0.15, 0.2) is 17.3 Å². The Morgan fingerprint density at radius 1 is 1.22 bits per heavy atom. The van der Waals surface area contributed by atoms with Crippen molar-refractivity contribution in [1.29, 1.82) is 0 Å². The van der Waals surface area contributed by atoms with Gasteiger partial charge in [0.25, 0.3) is 0 Å². The van der Waals surface area contributed by atoms with Gasteiger partial charge in [0.2, 0.25) is 10.9 Å². The molecule has 1 heterocycles. The number of carboxylic acids is 1. The molecule has 0 saturated carbocycles. The van der Waals surface area contributed by atoms with E-state index in [0.29, 0.717) is 33.8 Å². The third-order valence-electron chi connectivity index (χ3n) is 3.03. The number of aromatic amines is 1. The SMILES string of the molecule is COc1cc(-c2nc(S[C@H](C)C(=O)O)n[nH]2)cc(OC)c1OC. The van der Waals surface area contributed by atoms with Gasteiger partial charge in [0.15, 0.2) is 17.3 Å². The Kier molecular flexibility index (Phi) is 5.32. The molecule has 0 spiro atoms. The van der Waals surface area contributed by atoms with Crippen LogP contribution in [-0.4, -0.2) is 52.8 Å². The van der Waals surface area contributed by atoms with Gasteiger partial charge in [-0.05, 0) is 19.1 Å². The van der Waals surface area contributed by atoms with Crippen LogP contribution < -0.4 is 14.2 Å². The minimum absolute atomic E-state index is 0.351. The number of nitrogens with one attached hydrogen (secondary N) is 1. The van der Waals surface area contributed by atoms with Gasteiger partial charge in [-0.15, -0.1) is 5.10 Å². The first-order chi connectivity index (χ1) is 11.0. The molecule has 8 nitrogen and oxygen atoms in total. The number of thioether (sulfide) groups is 1. The maximum atomic E-state index is 10.9. The first kappa shape index (κ1) is 16.9. The van der Waals surface area contributed by atoms with E-state index in [2.05, 4.69) is 15.2 Å². The first-order valence-corrected chi connectivity index (χ1v) is 7.50. The lowest BCUT2D eigenvalue weighted by Gasteiger charge is -2.13. The highest BCUT2D eigenvalue weighted by atomic mass is 32.2. The molecule has 23 heavy (non-hydrogen) atoms. The summed E-state index contributed by atoms with van der Waals surface area (Å²) in [5.74, 6) is 1.02. The summed E-state index contributed by atoms with van der Waals surface area (Å²) in [5, 5.41) is 15.4. The summed E-state index contributed by atoms with van der Waals surface area (Å²) in [7, 11) is 4.57. The van der Waals surface area contributed by atoms with Crippen molar-refractivity contribution in [2.75, 3.05) is 21.3 Å². The minimum Gasteiger partial charge on any atom is -0.493 e. The van der Waals surface area contributed by atoms with Gasteiger partial charge in [0.1, 0.15) is 5.25 Å². The summed E-state index contributed by atoms with van der Waals surface area (Å²) in [4.78, 5) is 15.2. The predicted octanol–water partition coefficient (Wildman–Crippen LogP) is 2.06. The summed E-state index contributed by atoms with van der Waals surface area (Å²) in [6, 6.07) is 3.47. The van der Waals surface area contributed by atoms with Crippen LogP contribution in [-0.2, 0) is 4.79 Å². The van der Waals surface area contributed by atoms with E-state index in [1.165, 1.54) is 21.3 Å². The Labute approximate surface area is 137 Å². The third-order valence-corrected chi connectivity index (χ3v) is 3.98. The Bertz CT molecular complexity index is 678. The molecule has 0 bridgehead atoms. The number of ether oxygens (including phenoxy) is 3. The second kappa shape index (κ2) is 7.23. The second-order valence-corrected chi connectivity index (χ2v) is 5.79. The Morgan fingerprint density at radius 2 is 1.83 bits per heavy atom.